The second-order valence-corrected chi connectivity index (χ2v) is 7.43. The average molecular weight is 431 g/mol. The molecule has 0 saturated heterocycles. The van der Waals surface area contributed by atoms with Gasteiger partial charge in [-0.2, -0.15) is 4.98 Å². The molecule has 0 aliphatic carbocycles. The molecule has 0 atom stereocenters. The van der Waals surface area contributed by atoms with E-state index in [4.69, 9.17) is 4.52 Å². The molecule has 0 fully saturated rings. The average Bonchev–Trinajstić information content (AvgIpc) is 3.41. The van der Waals surface area contributed by atoms with Crippen LogP contribution in [0.25, 0.3) is 11.4 Å². The predicted octanol–water partition coefficient (Wildman–Crippen LogP) is 3.73. The topological polar surface area (TPSA) is 118 Å². The van der Waals surface area contributed by atoms with Crippen LogP contribution in [0.1, 0.15) is 33.8 Å². The van der Waals surface area contributed by atoms with Gasteiger partial charge < -0.3 is 19.3 Å². The molecule has 8 heteroatoms. The number of carbonyl (C=O) groups is 2. The molecule has 0 aliphatic rings. The van der Waals surface area contributed by atoms with E-state index >= 15 is 0 Å². The number of ketones is 1. The van der Waals surface area contributed by atoms with Gasteiger partial charge in [-0.05, 0) is 35.4 Å². The fourth-order valence-corrected chi connectivity index (χ4v) is 3.41. The lowest BCUT2D eigenvalue weighted by atomic mass is 10.0. The van der Waals surface area contributed by atoms with Gasteiger partial charge in [-0.15, -0.1) is 0 Å². The van der Waals surface area contributed by atoms with Crippen LogP contribution >= 0.6 is 0 Å². The number of Topliss-reactive ketones (excluding diaryl/α,β-unsaturated/α-hetero) is 1. The number of carbonyl (C=O) groups excluding carboxylic acids is 1. The number of aryl methyl sites for hydroxylation is 1. The predicted molar refractivity (Wildman–Crippen MR) is 115 cm³/mol. The molecule has 0 unspecified atom stereocenters. The Morgan fingerprint density at radius 2 is 1.75 bits per heavy atom. The second kappa shape index (κ2) is 9.30. The Labute approximate surface area is 183 Å². The van der Waals surface area contributed by atoms with Crippen molar-refractivity contribution in [2.45, 2.75) is 25.8 Å². The van der Waals surface area contributed by atoms with Crippen molar-refractivity contribution in [3.63, 3.8) is 0 Å². The summed E-state index contributed by atoms with van der Waals surface area (Å²) in [6.45, 7) is 0.525. The summed E-state index contributed by atoms with van der Waals surface area (Å²) >= 11 is 0. The molecular weight excluding hydrogens is 410 g/mol. The summed E-state index contributed by atoms with van der Waals surface area (Å²) in [6.07, 6.45) is 3.70. The zero-order chi connectivity index (χ0) is 22.5. The first-order valence-electron chi connectivity index (χ1n) is 10.1. The Bertz CT molecular complexity index is 1230. The lowest BCUT2D eigenvalue weighted by molar-refractivity contribution is -0.118. The van der Waals surface area contributed by atoms with Crippen LogP contribution in [0, 0.1) is 0 Å². The molecule has 0 saturated carbocycles. The van der Waals surface area contributed by atoms with Gasteiger partial charge in [-0.25, -0.2) is 4.79 Å². The van der Waals surface area contributed by atoms with Crippen LogP contribution < -0.4 is 0 Å². The Morgan fingerprint density at radius 3 is 2.47 bits per heavy atom. The van der Waals surface area contributed by atoms with Crippen LogP contribution in [0.4, 0.5) is 0 Å². The maximum atomic E-state index is 12.5. The minimum atomic E-state index is -1.06. The highest BCUT2D eigenvalue weighted by atomic mass is 16.5. The second-order valence-electron chi connectivity index (χ2n) is 7.43. The van der Waals surface area contributed by atoms with Gasteiger partial charge in [0, 0.05) is 43.8 Å². The lowest BCUT2D eigenvalue weighted by Crippen LogP contribution is -2.07. The molecule has 2 heterocycles. The number of carboxylic acid groups (broad SMARTS) is 1. The highest BCUT2D eigenvalue weighted by molar-refractivity contribution is 5.92. The monoisotopic (exact) mass is 431 g/mol. The van der Waals surface area contributed by atoms with E-state index in [0.717, 1.165) is 5.56 Å². The lowest BCUT2D eigenvalue weighted by Gasteiger charge is -2.02. The number of phenols is 1. The van der Waals surface area contributed by atoms with E-state index in [-0.39, 0.29) is 36.4 Å². The molecule has 0 aliphatic heterocycles. The van der Waals surface area contributed by atoms with Gasteiger partial charge in [0.1, 0.15) is 11.5 Å². The number of rotatable bonds is 9. The summed E-state index contributed by atoms with van der Waals surface area (Å²) in [7, 11) is 0. The van der Waals surface area contributed by atoms with Crippen LogP contribution in [-0.2, 0) is 24.2 Å². The molecule has 2 N–H and O–H groups in total. The highest BCUT2D eigenvalue weighted by Crippen LogP contribution is 2.20. The number of carboxylic acids is 1. The van der Waals surface area contributed by atoms with Crippen molar-refractivity contribution < 1.29 is 24.3 Å². The smallest absolute Gasteiger partial charge is 0.337 e. The van der Waals surface area contributed by atoms with Crippen molar-refractivity contribution in [1.82, 2.24) is 14.7 Å². The third-order valence-electron chi connectivity index (χ3n) is 5.00. The minimum absolute atomic E-state index is 0.0162. The molecule has 0 spiro atoms. The zero-order valence-electron chi connectivity index (χ0n) is 17.1. The molecule has 162 valence electrons. The largest absolute Gasteiger partial charge is 0.508 e. The van der Waals surface area contributed by atoms with Gasteiger partial charge in [-0.1, -0.05) is 35.5 Å². The molecule has 0 bridgehead atoms. The zero-order valence-corrected chi connectivity index (χ0v) is 17.1. The van der Waals surface area contributed by atoms with E-state index < -0.39 is 5.97 Å². The van der Waals surface area contributed by atoms with Crippen molar-refractivity contribution in [3.8, 4) is 17.1 Å². The molecule has 4 rings (SSSR count). The number of hydrogen-bond donors (Lipinski definition) is 2. The molecule has 0 radical (unpaired) electrons. The van der Waals surface area contributed by atoms with Gasteiger partial charge >= 0.3 is 5.97 Å². The molecule has 32 heavy (non-hydrogen) atoms. The number of aromatic hydroxyl groups is 1. The van der Waals surface area contributed by atoms with E-state index in [1.54, 1.807) is 29.1 Å². The van der Waals surface area contributed by atoms with Crippen molar-refractivity contribution in [2.24, 2.45) is 0 Å². The first-order valence-corrected chi connectivity index (χ1v) is 10.1. The van der Waals surface area contributed by atoms with Crippen molar-refractivity contribution in [2.75, 3.05) is 0 Å². The molecule has 8 nitrogen and oxygen atoms in total. The third kappa shape index (κ3) is 5.10. The molecular formula is C24H21N3O5. The molecule has 2 aromatic heterocycles. The van der Waals surface area contributed by atoms with Crippen LogP contribution in [0.15, 0.2) is 71.5 Å². The summed E-state index contributed by atoms with van der Waals surface area (Å²) in [5.41, 5.74) is 2.34. The Morgan fingerprint density at radius 1 is 1.00 bits per heavy atom. The van der Waals surface area contributed by atoms with Crippen LogP contribution in [0.5, 0.6) is 5.75 Å². The fraction of sp³-hybridized carbons (Fsp3) is 0.167. The van der Waals surface area contributed by atoms with E-state index in [0.29, 0.717) is 29.4 Å². The van der Waals surface area contributed by atoms with Crippen LogP contribution in [-0.4, -0.2) is 36.7 Å². The van der Waals surface area contributed by atoms with Crippen molar-refractivity contribution in [1.29, 1.82) is 0 Å². The summed E-state index contributed by atoms with van der Waals surface area (Å²) in [4.78, 5) is 28.4. The van der Waals surface area contributed by atoms with Gasteiger partial charge in [0.2, 0.25) is 11.7 Å². The Balaban J connectivity index is 1.38. The van der Waals surface area contributed by atoms with Crippen molar-refractivity contribution in [3.05, 3.63) is 89.6 Å². The van der Waals surface area contributed by atoms with E-state index in [1.807, 2.05) is 30.3 Å². The number of phenolic OH excluding ortho intramolecular Hbond substituents is 1. The summed E-state index contributed by atoms with van der Waals surface area (Å²) < 4.78 is 6.99. The van der Waals surface area contributed by atoms with Gasteiger partial charge in [0.15, 0.2) is 0 Å². The number of aromatic carboxylic acids is 1. The van der Waals surface area contributed by atoms with E-state index in [2.05, 4.69) is 10.1 Å². The SMILES string of the molecule is O=C(CCc1nc(-c2ccc(O)cc2)no1)Cc1cn(Cc2ccccc2)cc1C(=O)O. The standard InChI is InChI=1S/C24H21N3O5/c28-19-8-6-17(7-9-19)23-25-22(32-26-23)11-10-20(29)12-18-14-27(15-21(18)24(30)31)13-16-4-2-1-3-5-16/h1-9,14-15,28H,10-13H2,(H,30,31). The maximum Gasteiger partial charge on any atom is 0.337 e. The number of hydrogen-bond acceptors (Lipinski definition) is 6. The Kier molecular flexibility index (Phi) is 6.12. The third-order valence-corrected chi connectivity index (χ3v) is 5.00. The first kappa shape index (κ1) is 21.0. The summed E-state index contributed by atoms with van der Waals surface area (Å²) in [5.74, 6) is -0.342. The van der Waals surface area contributed by atoms with E-state index in [9.17, 15) is 19.8 Å². The number of aromatic nitrogens is 3. The van der Waals surface area contributed by atoms with Crippen molar-refractivity contribution >= 4 is 11.8 Å². The van der Waals surface area contributed by atoms with Crippen LogP contribution in [0.3, 0.4) is 0 Å². The first-order chi connectivity index (χ1) is 15.5. The number of benzene rings is 2. The fourth-order valence-electron chi connectivity index (χ4n) is 3.41. The Hall–Kier alpha value is -4.20. The normalized spacial score (nSPS) is 10.9. The van der Waals surface area contributed by atoms with Gasteiger partial charge in [0.25, 0.3) is 0 Å². The number of nitrogens with zero attached hydrogens (tertiary/aromatic N) is 3. The van der Waals surface area contributed by atoms with Gasteiger partial charge in [0.05, 0.1) is 5.56 Å². The molecule has 0 amide bonds. The summed E-state index contributed by atoms with van der Waals surface area (Å²) in [5, 5.41) is 22.8. The molecule has 4 aromatic rings. The highest BCUT2D eigenvalue weighted by Gasteiger charge is 2.17. The minimum Gasteiger partial charge on any atom is -0.508 e. The van der Waals surface area contributed by atoms with Gasteiger partial charge in [-0.3, -0.25) is 4.79 Å². The van der Waals surface area contributed by atoms with E-state index in [1.165, 1.54) is 12.1 Å². The molecule has 2 aromatic carbocycles. The van der Waals surface area contributed by atoms with Crippen LogP contribution in [0.2, 0.25) is 0 Å². The summed E-state index contributed by atoms with van der Waals surface area (Å²) in [6, 6.07) is 16.1. The maximum absolute atomic E-state index is 12.5. The quantitative estimate of drug-likeness (QED) is 0.414.